The summed E-state index contributed by atoms with van der Waals surface area (Å²) in [6, 6.07) is 19.4. The van der Waals surface area contributed by atoms with Crippen LogP contribution >= 0.6 is 0 Å². The number of para-hydroxylation sites is 3. The first kappa shape index (κ1) is 21.1. The van der Waals surface area contributed by atoms with Crippen LogP contribution in [0.4, 0.5) is 0 Å². The van der Waals surface area contributed by atoms with Gasteiger partial charge in [0.25, 0.3) is 0 Å². The van der Waals surface area contributed by atoms with Crippen LogP contribution in [0.2, 0.25) is 0 Å². The van der Waals surface area contributed by atoms with E-state index in [0.29, 0.717) is 35.4 Å². The molecular formula is C26H24N4O2. The van der Waals surface area contributed by atoms with E-state index in [2.05, 4.69) is 24.9 Å². The van der Waals surface area contributed by atoms with Crippen molar-refractivity contribution >= 4 is 23.2 Å². The average Bonchev–Trinajstić information content (AvgIpc) is 3.19. The summed E-state index contributed by atoms with van der Waals surface area (Å²) in [5, 5.41) is 9.10. The van der Waals surface area contributed by atoms with E-state index in [-0.39, 0.29) is 0 Å². The molecule has 4 aromatic rings. The van der Waals surface area contributed by atoms with Crippen molar-refractivity contribution in [2.45, 2.75) is 13.8 Å². The first-order valence-corrected chi connectivity index (χ1v) is 10.4. The molecule has 6 heteroatoms. The van der Waals surface area contributed by atoms with Crippen LogP contribution in [0.5, 0.6) is 11.5 Å². The van der Waals surface area contributed by atoms with Gasteiger partial charge in [-0.05, 0) is 48.4 Å². The number of pyridine rings is 1. The van der Waals surface area contributed by atoms with E-state index < -0.39 is 0 Å². The van der Waals surface area contributed by atoms with Gasteiger partial charge in [-0.2, -0.15) is 5.26 Å². The van der Waals surface area contributed by atoms with Gasteiger partial charge >= 0.3 is 0 Å². The highest BCUT2D eigenvalue weighted by atomic mass is 16.5. The molecule has 0 saturated carbocycles. The zero-order chi connectivity index (χ0) is 22.5. The molecule has 2 aromatic heterocycles. The third-order valence-corrected chi connectivity index (χ3v) is 4.90. The largest absolute Gasteiger partial charge is 0.493 e. The Morgan fingerprint density at radius 2 is 1.91 bits per heavy atom. The molecule has 0 atom stereocenters. The second kappa shape index (κ2) is 9.36. The van der Waals surface area contributed by atoms with E-state index in [1.54, 1.807) is 19.4 Å². The molecule has 0 unspecified atom stereocenters. The third kappa shape index (κ3) is 4.33. The summed E-state index contributed by atoms with van der Waals surface area (Å²) in [5.74, 6) is 3.21. The lowest BCUT2D eigenvalue weighted by atomic mass is 10.1. The summed E-state index contributed by atoms with van der Waals surface area (Å²) < 4.78 is 13.6. The fourth-order valence-electron chi connectivity index (χ4n) is 3.38. The van der Waals surface area contributed by atoms with Gasteiger partial charge in [0, 0.05) is 11.8 Å². The number of ether oxygens (including phenoxy) is 2. The van der Waals surface area contributed by atoms with Crippen LogP contribution in [-0.2, 0) is 0 Å². The summed E-state index contributed by atoms with van der Waals surface area (Å²) in [7, 11) is 1.64. The number of hydrogen-bond acceptors (Lipinski definition) is 5. The molecule has 0 spiro atoms. The van der Waals surface area contributed by atoms with Gasteiger partial charge in [0.05, 0.1) is 30.3 Å². The lowest BCUT2D eigenvalue weighted by molar-refractivity contribution is 0.256. The molecule has 0 radical (unpaired) electrons. The molecule has 0 fully saturated rings. The van der Waals surface area contributed by atoms with Crippen LogP contribution in [0.15, 0.2) is 60.8 Å². The average molecular weight is 425 g/mol. The molecule has 0 aliphatic carbocycles. The van der Waals surface area contributed by atoms with E-state index in [4.69, 9.17) is 19.7 Å². The van der Waals surface area contributed by atoms with E-state index in [0.717, 1.165) is 22.4 Å². The van der Waals surface area contributed by atoms with Crippen LogP contribution in [0.25, 0.3) is 29.0 Å². The number of nitriles is 1. The van der Waals surface area contributed by atoms with Crippen LogP contribution < -0.4 is 9.47 Å². The minimum Gasteiger partial charge on any atom is -0.493 e. The molecule has 2 heterocycles. The minimum atomic E-state index is 0.392. The Labute approximate surface area is 187 Å². The van der Waals surface area contributed by atoms with Gasteiger partial charge < -0.3 is 9.47 Å². The lowest BCUT2D eigenvalue weighted by Gasteiger charge is -2.14. The smallest absolute Gasteiger partial charge is 0.168 e. The Kier molecular flexibility index (Phi) is 6.18. The standard InChI is InChI=1S/C26H24N4O2/c1-18(2)17-32-26-20(7-6-10-23(26)31-3)12-14-25-29-21-8-4-5-9-22(21)30(25)24-13-11-19(15-27)16-28-24/h4-14,16,18H,17H2,1-3H3/b14-12-. The molecule has 0 aliphatic heterocycles. The van der Waals surface area contributed by atoms with Gasteiger partial charge in [0.1, 0.15) is 17.7 Å². The van der Waals surface area contributed by atoms with Gasteiger partial charge in [-0.3, -0.25) is 4.57 Å². The van der Waals surface area contributed by atoms with Crippen LogP contribution in [-0.4, -0.2) is 28.3 Å². The maximum Gasteiger partial charge on any atom is 0.168 e. The Bertz CT molecular complexity index is 1300. The molecule has 32 heavy (non-hydrogen) atoms. The highest BCUT2D eigenvalue weighted by molar-refractivity contribution is 5.82. The number of methoxy groups -OCH3 is 1. The highest BCUT2D eigenvalue weighted by Gasteiger charge is 2.13. The van der Waals surface area contributed by atoms with Crippen molar-refractivity contribution < 1.29 is 9.47 Å². The van der Waals surface area contributed by atoms with E-state index in [9.17, 15) is 0 Å². The predicted molar refractivity (Wildman–Crippen MR) is 126 cm³/mol. The molecule has 0 N–H and O–H groups in total. The zero-order valence-corrected chi connectivity index (χ0v) is 18.3. The van der Waals surface area contributed by atoms with Gasteiger partial charge in [-0.25, -0.2) is 9.97 Å². The highest BCUT2D eigenvalue weighted by Crippen LogP contribution is 2.33. The molecule has 4 rings (SSSR count). The van der Waals surface area contributed by atoms with Crippen molar-refractivity contribution in [2.24, 2.45) is 5.92 Å². The number of rotatable bonds is 7. The quantitative estimate of drug-likeness (QED) is 0.391. The Morgan fingerprint density at radius 3 is 2.62 bits per heavy atom. The molecule has 0 bridgehead atoms. The van der Waals surface area contributed by atoms with Crippen molar-refractivity contribution in [1.29, 1.82) is 5.26 Å². The van der Waals surface area contributed by atoms with Crippen LogP contribution in [0.1, 0.15) is 30.8 Å². The van der Waals surface area contributed by atoms with Crippen molar-refractivity contribution in [3.63, 3.8) is 0 Å². The monoisotopic (exact) mass is 424 g/mol. The second-order valence-corrected chi connectivity index (χ2v) is 7.73. The molecule has 160 valence electrons. The van der Waals surface area contributed by atoms with Crippen molar-refractivity contribution in [1.82, 2.24) is 14.5 Å². The van der Waals surface area contributed by atoms with Gasteiger partial charge in [0.15, 0.2) is 11.5 Å². The van der Waals surface area contributed by atoms with Crippen molar-refractivity contribution in [2.75, 3.05) is 13.7 Å². The van der Waals surface area contributed by atoms with Crippen molar-refractivity contribution in [3.8, 4) is 23.4 Å². The van der Waals surface area contributed by atoms with Crippen molar-refractivity contribution in [3.05, 3.63) is 77.7 Å². The molecule has 2 aromatic carbocycles. The van der Waals surface area contributed by atoms with E-state index in [1.165, 1.54) is 0 Å². The number of nitrogens with zero attached hydrogens (tertiary/aromatic N) is 4. The maximum atomic E-state index is 9.10. The number of aromatic nitrogens is 3. The minimum absolute atomic E-state index is 0.392. The Morgan fingerprint density at radius 1 is 1.06 bits per heavy atom. The van der Waals surface area contributed by atoms with E-state index >= 15 is 0 Å². The zero-order valence-electron chi connectivity index (χ0n) is 18.3. The molecule has 0 amide bonds. The normalized spacial score (nSPS) is 11.2. The molecule has 0 aliphatic rings. The van der Waals surface area contributed by atoms with Gasteiger partial charge in [-0.1, -0.05) is 38.1 Å². The Hall–Kier alpha value is -4.11. The topological polar surface area (TPSA) is 73.0 Å². The lowest BCUT2D eigenvalue weighted by Crippen LogP contribution is -2.06. The fraction of sp³-hybridized carbons (Fsp3) is 0.192. The number of benzene rings is 2. The summed E-state index contributed by atoms with van der Waals surface area (Å²) in [5.41, 5.74) is 3.21. The molecule has 0 saturated heterocycles. The number of fused-ring (bicyclic) bond motifs is 1. The summed E-state index contributed by atoms with van der Waals surface area (Å²) in [6.07, 6.45) is 5.48. The number of imidazole rings is 1. The van der Waals surface area contributed by atoms with E-state index in [1.807, 2.05) is 65.3 Å². The van der Waals surface area contributed by atoms with Gasteiger partial charge in [-0.15, -0.1) is 0 Å². The summed E-state index contributed by atoms with van der Waals surface area (Å²) in [4.78, 5) is 9.27. The fourth-order valence-corrected chi connectivity index (χ4v) is 3.38. The second-order valence-electron chi connectivity index (χ2n) is 7.73. The maximum absolute atomic E-state index is 9.10. The SMILES string of the molecule is COc1cccc(/C=C\c2nc3ccccc3n2-c2ccc(C#N)cn2)c1OCC(C)C. The number of hydrogen-bond donors (Lipinski definition) is 0. The van der Waals surface area contributed by atoms with Gasteiger partial charge in [0.2, 0.25) is 0 Å². The first-order chi connectivity index (χ1) is 15.6. The molecule has 6 nitrogen and oxygen atoms in total. The summed E-state index contributed by atoms with van der Waals surface area (Å²) in [6.45, 7) is 4.81. The van der Waals surface area contributed by atoms with Crippen LogP contribution in [0.3, 0.4) is 0 Å². The van der Waals surface area contributed by atoms with Crippen LogP contribution in [0, 0.1) is 17.2 Å². The predicted octanol–water partition coefficient (Wildman–Crippen LogP) is 5.51. The first-order valence-electron chi connectivity index (χ1n) is 10.4. The molecular weight excluding hydrogens is 400 g/mol. The summed E-state index contributed by atoms with van der Waals surface area (Å²) >= 11 is 0. The third-order valence-electron chi connectivity index (χ3n) is 4.90. The Balaban J connectivity index is 1.79.